The molecule has 2 aromatic rings. The minimum absolute atomic E-state index is 0.351. The van der Waals surface area contributed by atoms with Gasteiger partial charge in [-0.1, -0.05) is 22.0 Å². The molecule has 2 rings (SSSR count). The Balaban J connectivity index is 1.99. The van der Waals surface area contributed by atoms with Crippen LogP contribution in [0.25, 0.3) is 0 Å². The molecular formula is C11H10BrNO2. The summed E-state index contributed by atoms with van der Waals surface area (Å²) in [5.41, 5.74) is 0. The second-order valence-corrected chi connectivity index (χ2v) is 4.03. The van der Waals surface area contributed by atoms with Gasteiger partial charge in [-0.25, -0.2) is 4.98 Å². The van der Waals surface area contributed by atoms with Crippen molar-refractivity contribution in [2.75, 3.05) is 0 Å². The van der Waals surface area contributed by atoms with Gasteiger partial charge in [-0.3, -0.25) is 0 Å². The van der Waals surface area contributed by atoms with Gasteiger partial charge in [0.05, 0.1) is 6.20 Å². The van der Waals surface area contributed by atoms with Gasteiger partial charge >= 0.3 is 0 Å². The fourth-order valence-corrected chi connectivity index (χ4v) is 1.55. The minimum Gasteiger partial charge on any atom is -0.484 e. The number of hydrogen-bond acceptors (Lipinski definition) is 3. The van der Waals surface area contributed by atoms with E-state index in [2.05, 4.69) is 20.9 Å². The summed E-state index contributed by atoms with van der Waals surface area (Å²) < 4.78 is 11.8. The Morgan fingerprint density at radius 1 is 1.47 bits per heavy atom. The molecule has 78 valence electrons. The largest absolute Gasteiger partial charge is 0.484 e. The van der Waals surface area contributed by atoms with Crippen molar-refractivity contribution in [1.82, 2.24) is 4.98 Å². The van der Waals surface area contributed by atoms with E-state index >= 15 is 0 Å². The van der Waals surface area contributed by atoms with Gasteiger partial charge in [0.1, 0.15) is 11.5 Å². The van der Waals surface area contributed by atoms with Gasteiger partial charge in [0.2, 0.25) is 5.89 Å². The first-order chi connectivity index (χ1) is 7.24. The van der Waals surface area contributed by atoms with E-state index in [0.29, 0.717) is 12.5 Å². The molecule has 0 aliphatic carbocycles. The molecule has 1 heterocycles. The molecule has 0 fully saturated rings. The normalized spacial score (nSPS) is 10.3. The first kappa shape index (κ1) is 10.2. The lowest BCUT2D eigenvalue weighted by molar-refractivity contribution is 0.260. The van der Waals surface area contributed by atoms with E-state index in [9.17, 15) is 0 Å². The van der Waals surface area contributed by atoms with E-state index in [1.165, 1.54) is 0 Å². The van der Waals surface area contributed by atoms with E-state index in [1.54, 1.807) is 6.20 Å². The van der Waals surface area contributed by atoms with Crippen LogP contribution < -0.4 is 4.74 Å². The standard InChI is InChI=1S/C11H10BrNO2/c1-8-6-13-11(15-8)7-14-10-4-2-3-9(12)5-10/h2-6H,7H2,1H3. The zero-order chi connectivity index (χ0) is 10.7. The highest BCUT2D eigenvalue weighted by atomic mass is 79.9. The number of aryl methyl sites for hydroxylation is 1. The first-order valence-electron chi connectivity index (χ1n) is 4.54. The molecule has 0 N–H and O–H groups in total. The topological polar surface area (TPSA) is 35.3 Å². The van der Waals surface area contributed by atoms with Crippen LogP contribution in [0.1, 0.15) is 11.7 Å². The van der Waals surface area contributed by atoms with Gasteiger partial charge in [-0.05, 0) is 25.1 Å². The van der Waals surface area contributed by atoms with Crippen molar-refractivity contribution in [2.24, 2.45) is 0 Å². The average molecular weight is 268 g/mol. The molecule has 1 aromatic carbocycles. The van der Waals surface area contributed by atoms with Crippen LogP contribution in [0.15, 0.2) is 39.4 Å². The van der Waals surface area contributed by atoms with Gasteiger partial charge in [0.15, 0.2) is 6.61 Å². The number of nitrogens with zero attached hydrogens (tertiary/aromatic N) is 1. The number of ether oxygens (including phenoxy) is 1. The molecule has 0 bridgehead atoms. The molecule has 0 atom stereocenters. The highest BCUT2D eigenvalue weighted by Gasteiger charge is 2.01. The third-order valence-electron chi connectivity index (χ3n) is 1.83. The first-order valence-corrected chi connectivity index (χ1v) is 5.33. The fourth-order valence-electron chi connectivity index (χ4n) is 1.17. The highest BCUT2D eigenvalue weighted by molar-refractivity contribution is 9.10. The van der Waals surface area contributed by atoms with Crippen molar-refractivity contribution in [3.8, 4) is 5.75 Å². The van der Waals surface area contributed by atoms with Crippen LogP contribution in [0, 0.1) is 6.92 Å². The maximum absolute atomic E-state index is 5.50. The number of halogens is 1. The van der Waals surface area contributed by atoms with E-state index in [0.717, 1.165) is 16.0 Å². The van der Waals surface area contributed by atoms with Crippen LogP contribution in [-0.4, -0.2) is 4.98 Å². The Hall–Kier alpha value is -1.29. The van der Waals surface area contributed by atoms with Gasteiger partial charge < -0.3 is 9.15 Å². The maximum Gasteiger partial charge on any atom is 0.232 e. The Kier molecular flexibility index (Phi) is 3.06. The Labute approximate surface area is 96.2 Å². The smallest absolute Gasteiger partial charge is 0.232 e. The van der Waals surface area contributed by atoms with Crippen molar-refractivity contribution < 1.29 is 9.15 Å². The number of aromatic nitrogens is 1. The van der Waals surface area contributed by atoms with E-state index in [1.807, 2.05) is 31.2 Å². The second-order valence-electron chi connectivity index (χ2n) is 3.11. The molecular weight excluding hydrogens is 258 g/mol. The monoisotopic (exact) mass is 267 g/mol. The minimum atomic E-state index is 0.351. The van der Waals surface area contributed by atoms with Crippen LogP contribution in [0.5, 0.6) is 5.75 Å². The number of benzene rings is 1. The fraction of sp³-hybridized carbons (Fsp3) is 0.182. The predicted molar refractivity (Wildman–Crippen MR) is 59.7 cm³/mol. The SMILES string of the molecule is Cc1cnc(COc2cccc(Br)c2)o1. The van der Waals surface area contributed by atoms with Crippen LogP contribution in [0.4, 0.5) is 0 Å². The Bertz CT molecular complexity index is 453. The molecule has 1 aromatic heterocycles. The average Bonchev–Trinajstić information content (AvgIpc) is 2.62. The lowest BCUT2D eigenvalue weighted by Gasteiger charge is -2.03. The van der Waals surface area contributed by atoms with Crippen LogP contribution in [0.2, 0.25) is 0 Å². The van der Waals surface area contributed by atoms with Crippen molar-refractivity contribution in [1.29, 1.82) is 0 Å². The van der Waals surface area contributed by atoms with Crippen molar-refractivity contribution in [3.63, 3.8) is 0 Å². The summed E-state index contributed by atoms with van der Waals surface area (Å²) in [6.07, 6.45) is 1.68. The lowest BCUT2D eigenvalue weighted by atomic mass is 10.3. The lowest BCUT2D eigenvalue weighted by Crippen LogP contribution is -1.94. The molecule has 0 aliphatic heterocycles. The third kappa shape index (κ3) is 2.83. The van der Waals surface area contributed by atoms with Gasteiger partial charge in [-0.2, -0.15) is 0 Å². The summed E-state index contributed by atoms with van der Waals surface area (Å²) in [6.45, 7) is 2.21. The van der Waals surface area contributed by atoms with Crippen molar-refractivity contribution >= 4 is 15.9 Å². The Morgan fingerprint density at radius 3 is 3.00 bits per heavy atom. The van der Waals surface area contributed by atoms with Crippen LogP contribution >= 0.6 is 15.9 Å². The van der Waals surface area contributed by atoms with E-state index in [4.69, 9.17) is 9.15 Å². The molecule has 0 amide bonds. The molecule has 0 unspecified atom stereocenters. The molecule has 4 heteroatoms. The molecule has 0 spiro atoms. The quantitative estimate of drug-likeness (QED) is 0.856. The molecule has 0 aliphatic rings. The van der Waals surface area contributed by atoms with Crippen LogP contribution in [0.3, 0.4) is 0 Å². The predicted octanol–water partition coefficient (Wildman–Crippen LogP) is 3.32. The summed E-state index contributed by atoms with van der Waals surface area (Å²) in [5.74, 6) is 2.18. The number of oxazole rings is 1. The second kappa shape index (κ2) is 4.49. The number of hydrogen-bond donors (Lipinski definition) is 0. The van der Waals surface area contributed by atoms with Crippen molar-refractivity contribution in [2.45, 2.75) is 13.5 Å². The highest BCUT2D eigenvalue weighted by Crippen LogP contribution is 2.18. The summed E-state index contributed by atoms with van der Waals surface area (Å²) in [5, 5.41) is 0. The molecule has 0 radical (unpaired) electrons. The zero-order valence-corrected chi connectivity index (χ0v) is 9.82. The third-order valence-corrected chi connectivity index (χ3v) is 2.32. The van der Waals surface area contributed by atoms with E-state index < -0.39 is 0 Å². The van der Waals surface area contributed by atoms with Crippen molar-refractivity contribution in [3.05, 3.63) is 46.6 Å². The molecule has 0 saturated heterocycles. The molecule has 15 heavy (non-hydrogen) atoms. The van der Waals surface area contributed by atoms with Crippen LogP contribution in [-0.2, 0) is 6.61 Å². The molecule has 0 saturated carbocycles. The summed E-state index contributed by atoms with van der Waals surface area (Å²) in [7, 11) is 0. The zero-order valence-electron chi connectivity index (χ0n) is 8.24. The van der Waals surface area contributed by atoms with Gasteiger partial charge in [-0.15, -0.1) is 0 Å². The van der Waals surface area contributed by atoms with E-state index in [-0.39, 0.29) is 0 Å². The van der Waals surface area contributed by atoms with Gasteiger partial charge in [0.25, 0.3) is 0 Å². The molecule has 3 nitrogen and oxygen atoms in total. The van der Waals surface area contributed by atoms with Gasteiger partial charge in [0, 0.05) is 4.47 Å². The maximum atomic E-state index is 5.50. The summed E-state index contributed by atoms with van der Waals surface area (Å²) >= 11 is 3.37. The summed E-state index contributed by atoms with van der Waals surface area (Å²) in [6, 6.07) is 7.65. The number of rotatable bonds is 3. The summed E-state index contributed by atoms with van der Waals surface area (Å²) in [4.78, 5) is 4.05. The Morgan fingerprint density at radius 2 is 2.33 bits per heavy atom.